The molecule has 0 unspecified atom stereocenters. The topological polar surface area (TPSA) is 63.9 Å². The molecule has 1 aliphatic rings. The molecule has 4 heterocycles. The summed E-state index contributed by atoms with van der Waals surface area (Å²) in [4.78, 5) is 29.0. The molecule has 1 aliphatic heterocycles. The second-order valence-corrected chi connectivity index (χ2v) is 8.53. The first-order chi connectivity index (χ1) is 14.3. The van der Waals surface area contributed by atoms with Gasteiger partial charge in [-0.1, -0.05) is 13.8 Å². The molecule has 4 rings (SSSR count). The number of pyridine rings is 2. The van der Waals surface area contributed by atoms with Crippen molar-refractivity contribution in [2.75, 3.05) is 11.4 Å². The zero-order chi connectivity index (χ0) is 21.6. The van der Waals surface area contributed by atoms with Crippen molar-refractivity contribution in [3.8, 4) is 5.69 Å². The molecule has 0 aromatic carbocycles. The van der Waals surface area contributed by atoms with Crippen LogP contribution in [0.4, 0.5) is 10.2 Å². The van der Waals surface area contributed by atoms with E-state index in [1.54, 1.807) is 13.1 Å². The Balaban J connectivity index is 2.10. The fraction of sp³-hybridized carbons (Fsp3) is 0.478. The minimum atomic E-state index is -0.410. The third-order valence-corrected chi connectivity index (χ3v) is 5.98. The van der Waals surface area contributed by atoms with E-state index in [2.05, 4.69) is 26.8 Å². The Kier molecular flexibility index (Phi) is 5.30. The Hall–Kier alpha value is -2.83. The number of anilines is 1. The summed E-state index contributed by atoms with van der Waals surface area (Å²) in [7, 11) is 0. The highest BCUT2D eigenvalue weighted by Gasteiger charge is 2.26. The molecule has 0 spiro atoms. The van der Waals surface area contributed by atoms with Crippen molar-refractivity contribution < 1.29 is 4.39 Å². The lowest BCUT2D eigenvalue weighted by atomic mass is 10.0. The average molecular weight is 410 g/mol. The van der Waals surface area contributed by atoms with Gasteiger partial charge in [0.05, 0.1) is 22.5 Å². The van der Waals surface area contributed by atoms with Crippen molar-refractivity contribution >= 4 is 16.9 Å². The number of rotatable bonds is 3. The zero-order valence-electron chi connectivity index (χ0n) is 18.2. The maximum absolute atomic E-state index is 14.6. The van der Waals surface area contributed by atoms with Gasteiger partial charge in [0.25, 0.3) is 0 Å². The second kappa shape index (κ2) is 7.78. The molecule has 30 heavy (non-hydrogen) atoms. The van der Waals surface area contributed by atoms with Crippen molar-refractivity contribution in [2.24, 2.45) is 0 Å². The number of fused-ring (bicyclic) bond motifs is 1. The van der Waals surface area contributed by atoms with Gasteiger partial charge in [0.15, 0.2) is 5.65 Å². The summed E-state index contributed by atoms with van der Waals surface area (Å²) in [6.07, 6.45) is 4.94. The van der Waals surface area contributed by atoms with Crippen LogP contribution in [-0.2, 0) is 0 Å². The van der Waals surface area contributed by atoms with Crippen molar-refractivity contribution in [2.45, 2.75) is 65.8 Å². The highest BCUT2D eigenvalue weighted by molar-refractivity contribution is 5.88. The quantitative estimate of drug-likeness (QED) is 0.640. The number of aromatic nitrogens is 4. The molecule has 0 saturated carbocycles. The van der Waals surface area contributed by atoms with Gasteiger partial charge in [-0.3, -0.25) is 4.98 Å². The van der Waals surface area contributed by atoms with Crippen LogP contribution in [0.1, 0.15) is 62.9 Å². The summed E-state index contributed by atoms with van der Waals surface area (Å²) in [6, 6.07) is 3.58. The van der Waals surface area contributed by atoms with Crippen molar-refractivity contribution in [3.05, 3.63) is 51.6 Å². The van der Waals surface area contributed by atoms with Crippen molar-refractivity contribution in [1.82, 2.24) is 19.5 Å². The molecule has 1 saturated heterocycles. The third kappa shape index (κ3) is 3.36. The standard InChI is InChI=1S/C23H28FN5O/c1-13(2)19-20(14(3)9-10-25-19)29-22-17(12-18(24)16(5)26-22)21(27-23(29)30)28-11-7-6-8-15(28)4/h9-10,12-13,15H,6-8,11H2,1-5H3/t15-/m0/s1. The molecule has 3 aromatic heterocycles. The summed E-state index contributed by atoms with van der Waals surface area (Å²) >= 11 is 0. The SMILES string of the molecule is Cc1ccnc(C(C)C)c1-n1c(=O)nc(N2CCCC[C@@H]2C)c2cc(F)c(C)nc21. The lowest BCUT2D eigenvalue weighted by molar-refractivity contribution is 0.481. The number of aryl methyl sites for hydroxylation is 2. The zero-order valence-corrected chi connectivity index (χ0v) is 18.2. The van der Waals surface area contributed by atoms with Gasteiger partial charge in [0.2, 0.25) is 0 Å². The smallest absolute Gasteiger partial charge is 0.353 e. The number of piperidine rings is 1. The van der Waals surface area contributed by atoms with Gasteiger partial charge in [-0.15, -0.1) is 0 Å². The van der Waals surface area contributed by atoms with Gasteiger partial charge in [-0.2, -0.15) is 4.98 Å². The fourth-order valence-electron chi connectivity index (χ4n) is 4.31. The normalized spacial score (nSPS) is 17.2. The van der Waals surface area contributed by atoms with Gasteiger partial charge in [0.1, 0.15) is 11.6 Å². The van der Waals surface area contributed by atoms with Crippen LogP contribution in [0.25, 0.3) is 16.7 Å². The maximum atomic E-state index is 14.6. The summed E-state index contributed by atoms with van der Waals surface area (Å²) in [5, 5.41) is 0.560. The van der Waals surface area contributed by atoms with Gasteiger partial charge in [-0.25, -0.2) is 18.7 Å². The van der Waals surface area contributed by atoms with E-state index in [4.69, 9.17) is 0 Å². The second-order valence-electron chi connectivity index (χ2n) is 8.53. The largest absolute Gasteiger partial charge is 0.355 e. The van der Waals surface area contributed by atoms with Crippen LogP contribution < -0.4 is 10.6 Å². The molecule has 7 heteroatoms. The first-order valence-corrected chi connectivity index (χ1v) is 10.6. The lowest BCUT2D eigenvalue weighted by Gasteiger charge is -2.35. The number of hydrogen-bond donors (Lipinski definition) is 0. The maximum Gasteiger partial charge on any atom is 0.355 e. The molecule has 0 aliphatic carbocycles. The van der Waals surface area contributed by atoms with E-state index in [9.17, 15) is 9.18 Å². The fourth-order valence-corrected chi connectivity index (χ4v) is 4.31. The van der Waals surface area contributed by atoms with E-state index in [0.29, 0.717) is 22.5 Å². The molecule has 1 fully saturated rings. The van der Waals surface area contributed by atoms with Crippen molar-refractivity contribution in [1.29, 1.82) is 0 Å². The van der Waals surface area contributed by atoms with Crippen LogP contribution >= 0.6 is 0 Å². The molecule has 0 radical (unpaired) electrons. The van der Waals surface area contributed by atoms with Gasteiger partial charge in [0, 0.05) is 18.8 Å². The van der Waals surface area contributed by atoms with E-state index in [-0.39, 0.29) is 17.7 Å². The van der Waals surface area contributed by atoms with E-state index >= 15 is 0 Å². The summed E-state index contributed by atoms with van der Waals surface area (Å²) in [6.45, 7) is 10.6. The third-order valence-electron chi connectivity index (χ3n) is 5.98. The van der Waals surface area contributed by atoms with Crippen LogP contribution in [0.5, 0.6) is 0 Å². The monoisotopic (exact) mass is 409 g/mol. The van der Waals surface area contributed by atoms with Crippen LogP contribution in [0.2, 0.25) is 0 Å². The number of halogens is 1. The Morgan fingerprint density at radius 1 is 1.20 bits per heavy atom. The first kappa shape index (κ1) is 20.4. The van der Waals surface area contributed by atoms with E-state index < -0.39 is 11.5 Å². The molecule has 0 N–H and O–H groups in total. The molecule has 1 atom stereocenters. The van der Waals surface area contributed by atoms with Gasteiger partial charge < -0.3 is 4.90 Å². The van der Waals surface area contributed by atoms with Crippen molar-refractivity contribution in [3.63, 3.8) is 0 Å². The van der Waals surface area contributed by atoms with E-state index in [1.165, 1.54) is 10.6 Å². The summed E-state index contributed by atoms with van der Waals surface area (Å²) in [5.74, 6) is 0.232. The molecule has 6 nitrogen and oxygen atoms in total. The highest BCUT2D eigenvalue weighted by atomic mass is 19.1. The minimum Gasteiger partial charge on any atom is -0.353 e. The van der Waals surface area contributed by atoms with E-state index in [1.807, 2.05) is 26.8 Å². The average Bonchev–Trinajstić information content (AvgIpc) is 2.70. The van der Waals surface area contributed by atoms with Gasteiger partial charge >= 0.3 is 5.69 Å². The van der Waals surface area contributed by atoms with E-state index in [0.717, 1.165) is 37.1 Å². The first-order valence-electron chi connectivity index (χ1n) is 10.6. The Morgan fingerprint density at radius 3 is 2.67 bits per heavy atom. The van der Waals surface area contributed by atoms with Crippen LogP contribution in [0, 0.1) is 19.7 Å². The summed E-state index contributed by atoms with van der Waals surface area (Å²) in [5.41, 5.74) is 2.66. The Bertz CT molecular complexity index is 1170. The van der Waals surface area contributed by atoms with Crippen LogP contribution in [-0.4, -0.2) is 32.1 Å². The summed E-state index contributed by atoms with van der Waals surface area (Å²) < 4.78 is 16.1. The molecule has 0 bridgehead atoms. The molecule has 3 aromatic rings. The predicted octanol–water partition coefficient (Wildman–Crippen LogP) is 4.43. The molecule has 0 amide bonds. The molecular weight excluding hydrogens is 381 g/mol. The predicted molar refractivity (Wildman–Crippen MR) is 117 cm³/mol. The Morgan fingerprint density at radius 2 is 1.97 bits per heavy atom. The number of nitrogens with zero attached hydrogens (tertiary/aromatic N) is 5. The molecular formula is C23H28FN5O. The minimum absolute atomic E-state index is 0.102. The Labute approximate surface area is 175 Å². The highest BCUT2D eigenvalue weighted by Crippen LogP contribution is 2.32. The van der Waals surface area contributed by atoms with Gasteiger partial charge in [-0.05, 0) is 63.6 Å². The lowest BCUT2D eigenvalue weighted by Crippen LogP contribution is -2.40. The van der Waals surface area contributed by atoms with Crippen LogP contribution in [0.3, 0.4) is 0 Å². The van der Waals surface area contributed by atoms with Crippen LogP contribution in [0.15, 0.2) is 23.1 Å². The number of hydrogen-bond acceptors (Lipinski definition) is 5. The molecule has 158 valence electrons.